The van der Waals surface area contributed by atoms with Gasteiger partial charge in [-0.1, -0.05) is 12.1 Å². The second-order valence-corrected chi connectivity index (χ2v) is 5.84. The molecule has 0 saturated heterocycles. The van der Waals surface area contributed by atoms with E-state index in [9.17, 15) is 9.50 Å². The van der Waals surface area contributed by atoms with Crippen LogP contribution in [-0.2, 0) is 6.54 Å². The fraction of sp³-hybridized carbons (Fsp3) is 0.538. The Hall–Kier alpha value is -0.490. The summed E-state index contributed by atoms with van der Waals surface area (Å²) in [7, 11) is 3.83. The Kier molecular flexibility index (Phi) is 5.72. The van der Waals surface area contributed by atoms with Gasteiger partial charge < -0.3 is 15.3 Å². The van der Waals surface area contributed by atoms with Crippen LogP contribution in [0.15, 0.2) is 22.7 Å². The molecule has 0 aliphatic rings. The SMILES string of the molecule is CN(C)CC(C)(O)CNCc1cccc(F)c1Br. The molecule has 0 amide bonds. The van der Waals surface area contributed by atoms with Crippen LogP contribution in [0.2, 0.25) is 0 Å². The summed E-state index contributed by atoms with van der Waals surface area (Å²) in [4.78, 5) is 1.93. The Balaban J connectivity index is 2.49. The first-order chi connectivity index (χ1) is 8.32. The minimum absolute atomic E-state index is 0.269. The summed E-state index contributed by atoms with van der Waals surface area (Å²) >= 11 is 3.22. The summed E-state index contributed by atoms with van der Waals surface area (Å²) in [5.74, 6) is -0.269. The first kappa shape index (κ1) is 15.6. The first-order valence-corrected chi connectivity index (χ1v) is 6.62. The molecule has 2 N–H and O–H groups in total. The van der Waals surface area contributed by atoms with E-state index >= 15 is 0 Å². The maximum atomic E-state index is 13.3. The lowest BCUT2D eigenvalue weighted by Crippen LogP contribution is -2.45. The monoisotopic (exact) mass is 318 g/mol. The van der Waals surface area contributed by atoms with E-state index in [1.165, 1.54) is 6.07 Å². The lowest BCUT2D eigenvalue weighted by molar-refractivity contribution is 0.0336. The Morgan fingerprint density at radius 2 is 2.11 bits per heavy atom. The Labute approximate surface area is 116 Å². The zero-order valence-corrected chi connectivity index (χ0v) is 12.6. The predicted octanol–water partition coefficient (Wildman–Crippen LogP) is 1.99. The van der Waals surface area contributed by atoms with E-state index in [1.54, 1.807) is 13.0 Å². The number of rotatable bonds is 6. The van der Waals surface area contributed by atoms with Gasteiger partial charge in [-0.25, -0.2) is 4.39 Å². The topological polar surface area (TPSA) is 35.5 Å². The largest absolute Gasteiger partial charge is 0.388 e. The first-order valence-electron chi connectivity index (χ1n) is 5.82. The minimum Gasteiger partial charge on any atom is -0.388 e. The highest BCUT2D eigenvalue weighted by Crippen LogP contribution is 2.20. The van der Waals surface area contributed by atoms with Crippen molar-refractivity contribution in [3.05, 3.63) is 34.1 Å². The molecule has 0 spiro atoms. The van der Waals surface area contributed by atoms with E-state index in [0.29, 0.717) is 24.1 Å². The van der Waals surface area contributed by atoms with E-state index in [4.69, 9.17) is 0 Å². The average Bonchev–Trinajstić information content (AvgIpc) is 2.22. The molecule has 0 aliphatic carbocycles. The molecule has 1 aromatic carbocycles. The van der Waals surface area contributed by atoms with Gasteiger partial charge >= 0.3 is 0 Å². The third-order valence-corrected chi connectivity index (χ3v) is 3.40. The van der Waals surface area contributed by atoms with E-state index in [0.717, 1.165) is 5.56 Å². The number of halogens is 2. The van der Waals surface area contributed by atoms with Gasteiger partial charge in [0.25, 0.3) is 0 Å². The molecule has 0 aromatic heterocycles. The Bertz CT molecular complexity index is 397. The van der Waals surface area contributed by atoms with E-state index < -0.39 is 5.60 Å². The van der Waals surface area contributed by atoms with E-state index in [1.807, 2.05) is 25.1 Å². The maximum Gasteiger partial charge on any atom is 0.137 e. The minimum atomic E-state index is -0.802. The van der Waals surface area contributed by atoms with Crippen molar-refractivity contribution in [2.24, 2.45) is 0 Å². The van der Waals surface area contributed by atoms with Gasteiger partial charge in [-0.2, -0.15) is 0 Å². The number of aliphatic hydroxyl groups is 1. The van der Waals surface area contributed by atoms with Crippen LogP contribution in [0.25, 0.3) is 0 Å². The number of hydrogen-bond donors (Lipinski definition) is 2. The van der Waals surface area contributed by atoms with Crippen LogP contribution >= 0.6 is 15.9 Å². The molecule has 18 heavy (non-hydrogen) atoms. The summed E-state index contributed by atoms with van der Waals surface area (Å²) in [5.41, 5.74) is 0.0409. The molecule has 0 saturated carbocycles. The zero-order chi connectivity index (χ0) is 13.8. The number of nitrogens with one attached hydrogen (secondary N) is 1. The smallest absolute Gasteiger partial charge is 0.137 e. The average molecular weight is 319 g/mol. The lowest BCUT2D eigenvalue weighted by atomic mass is 10.1. The molecule has 1 aromatic rings. The second-order valence-electron chi connectivity index (χ2n) is 5.05. The molecule has 3 nitrogen and oxygen atoms in total. The van der Waals surface area contributed by atoms with Crippen LogP contribution < -0.4 is 5.32 Å². The predicted molar refractivity (Wildman–Crippen MR) is 75.0 cm³/mol. The van der Waals surface area contributed by atoms with Crippen molar-refractivity contribution >= 4 is 15.9 Å². The summed E-state index contributed by atoms with van der Waals surface area (Å²) in [6, 6.07) is 4.94. The third-order valence-electron chi connectivity index (χ3n) is 2.51. The lowest BCUT2D eigenvalue weighted by Gasteiger charge is -2.27. The third kappa shape index (κ3) is 5.02. The molecular weight excluding hydrogens is 299 g/mol. The van der Waals surface area contributed by atoms with E-state index in [2.05, 4.69) is 21.2 Å². The molecule has 1 rings (SSSR count). The van der Waals surface area contributed by atoms with E-state index in [-0.39, 0.29) is 5.82 Å². The van der Waals surface area contributed by atoms with Crippen molar-refractivity contribution in [3.8, 4) is 0 Å². The van der Waals surface area contributed by atoms with Crippen LogP contribution in [0.5, 0.6) is 0 Å². The molecule has 0 radical (unpaired) electrons. The summed E-state index contributed by atoms with van der Waals surface area (Å²) in [6.45, 7) is 3.32. The van der Waals surface area contributed by atoms with Crippen molar-refractivity contribution in [1.29, 1.82) is 0 Å². The number of nitrogens with zero attached hydrogens (tertiary/aromatic N) is 1. The number of hydrogen-bond acceptors (Lipinski definition) is 3. The van der Waals surface area contributed by atoms with Crippen molar-refractivity contribution in [3.63, 3.8) is 0 Å². The molecule has 0 aliphatic heterocycles. The van der Waals surface area contributed by atoms with Crippen LogP contribution in [-0.4, -0.2) is 42.8 Å². The zero-order valence-electron chi connectivity index (χ0n) is 11.0. The second kappa shape index (κ2) is 6.61. The highest BCUT2D eigenvalue weighted by Gasteiger charge is 2.20. The van der Waals surface area contributed by atoms with Crippen molar-refractivity contribution in [2.45, 2.75) is 19.1 Å². The van der Waals surface area contributed by atoms with Gasteiger partial charge in [0.05, 0.1) is 10.1 Å². The van der Waals surface area contributed by atoms with Gasteiger partial charge in [-0.15, -0.1) is 0 Å². The van der Waals surface area contributed by atoms with Gasteiger partial charge in [0.1, 0.15) is 5.82 Å². The number of likely N-dealkylation sites (N-methyl/N-ethyl adjacent to an activating group) is 1. The molecule has 0 heterocycles. The molecular formula is C13H20BrFN2O. The van der Waals surface area contributed by atoms with Crippen molar-refractivity contribution < 1.29 is 9.50 Å². The molecule has 102 valence electrons. The maximum absolute atomic E-state index is 13.3. The fourth-order valence-electron chi connectivity index (χ4n) is 1.89. The highest BCUT2D eigenvalue weighted by molar-refractivity contribution is 9.10. The van der Waals surface area contributed by atoms with Crippen LogP contribution in [0.4, 0.5) is 4.39 Å². The fourth-order valence-corrected chi connectivity index (χ4v) is 2.29. The highest BCUT2D eigenvalue weighted by atomic mass is 79.9. The van der Waals surface area contributed by atoms with Gasteiger partial charge in [-0.3, -0.25) is 0 Å². The summed E-state index contributed by atoms with van der Waals surface area (Å²) in [5, 5.41) is 13.2. The van der Waals surface area contributed by atoms with Crippen LogP contribution in [0.3, 0.4) is 0 Å². The van der Waals surface area contributed by atoms with Gasteiger partial charge in [0.15, 0.2) is 0 Å². The molecule has 0 fully saturated rings. The molecule has 5 heteroatoms. The van der Waals surface area contributed by atoms with Crippen LogP contribution in [0.1, 0.15) is 12.5 Å². The number of benzene rings is 1. The molecule has 0 bridgehead atoms. The van der Waals surface area contributed by atoms with Crippen molar-refractivity contribution in [1.82, 2.24) is 10.2 Å². The standard InChI is InChI=1S/C13H20BrFN2O/c1-13(18,9-17(2)3)8-16-7-10-5-4-6-11(15)12(10)14/h4-6,16,18H,7-9H2,1-3H3. The van der Waals surface area contributed by atoms with Gasteiger partial charge in [0.2, 0.25) is 0 Å². The summed E-state index contributed by atoms with van der Waals surface area (Å²) < 4.78 is 13.8. The Morgan fingerprint density at radius 1 is 1.44 bits per heavy atom. The molecule has 1 atom stereocenters. The van der Waals surface area contributed by atoms with Crippen LogP contribution in [0, 0.1) is 5.82 Å². The normalized spacial score (nSPS) is 14.8. The quantitative estimate of drug-likeness (QED) is 0.842. The Morgan fingerprint density at radius 3 is 2.72 bits per heavy atom. The molecule has 1 unspecified atom stereocenters. The van der Waals surface area contributed by atoms with Crippen molar-refractivity contribution in [2.75, 3.05) is 27.2 Å². The van der Waals surface area contributed by atoms with Gasteiger partial charge in [0, 0.05) is 19.6 Å². The summed E-state index contributed by atoms with van der Waals surface area (Å²) in [6.07, 6.45) is 0. The van der Waals surface area contributed by atoms with Gasteiger partial charge in [-0.05, 0) is 48.6 Å².